The molecule has 3 N–H and O–H groups in total. The van der Waals surface area contributed by atoms with Crippen molar-refractivity contribution in [3.8, 4) is 0 Å². The molecule has 152 valence electrons. The van der Waals surface area contributed by atoms with Crippen molar-refractivity contribution in [1.29, 1.82) is 0 Å². The second-order valence-corrected chi connectivity index (χ2v) is 8.11. The van der Waals surface area contributed by atoms with E-state index in [4.69, 9.17) is 0 Å². The van der Waals surface area contributed by atoms with Crippen LogP contribution in [0.2, 0.25) is 0 Å². The fourth-order valence-electron chi connectivity index (χ4n) is 4.74. The van der Waals surface area contributed by atoms with E-state index in [9.17, 15) is 4.79 Å². The summed E-state index contributed by atoms with van der Waals surface area (Å²) in [6, 6.07) is 2.37. The quantitative estimate of drug-likeness (QED) is 0.631. The molecule has 2 aliphatic rings. The smallest absolute Gasteiger partial charge is 0.321 e. The summed E-state index contributed by atoms with van der Waals surface area (Å²) in [6.45, 7) is 6.33. The zero-order valence-electron chi connectivity index (χ0n) is 16.7. The number of likely N-dealkylation sites (tertiary alicyclic amines) is 1. The minimum absolute atomic E-state index is 0.0278. The number of amides is 2. The third-order valence-electron chi connectivity index (χ3n) is 6.12. The van der Waals surface area contributed by atoms with Gasteiger partial charge in [-0.1, -0.05) is 0 Å². The van der Waals surface area contributed by atoms with E-state index in [1.807, 2.05) is 37.2 Å². The maximum atomic E-state index is 12.6. The lowest BCUT2D eigenvalue weighted by Crippen LogP contribution is -2.34. The first-order valence-electron chi connectivity index (χ1n) is 10.3. The van der Waals surface area contributed by atoms with E-state index in [1.165, 1.54) is 0 Å². The number of nitrogens with one attached hydrogen (secondary N) is 3. The molecular weight excluding hydrogens is 368 g/mol. The number of hydrogen-bond acceptors (Lipinski definition) is 5. The van der Waals surface area contributed by atoms with Crippen LogP contribution >= 0.6 is 0 Å². The van der Waals surface area contributed by atoms with Crippen LogP contribution in [0, 0.1) is 18.8 Å². The zero-order chi connectivity index (χ0) is 20.0. The maximum Gasteiger partial charge on any atom is 0.321 e. The van der Waals surface area contributed by atoms with Gasteiger partial charge < -0.3 is 20.5 Å². The van der Waals surface area contributed by atoms with Gasteiger partial charge in [0.15, 0.2) is 0 Å². The number of rotatable bonds is 4. The molecule has 3 atom stereocenters. The number of hydrogen-bond donors (Lipinski definition) is 3. The highest BCUT2D eigenvalue weighted by atomic mass is 16.2. The Morgan fingerprint density at radius 3 is 2.79 bits per heavy atom. The van der Waals surface area contributed by atoms with Crippen LogP contribution in [0.25, 0.3) is 11.0 Å². The lowest BCUT2D eigenvalue weighted by molar-refractivity contribution is 0.218. The number of H-pyrrole nitrogens is 1. The molecule has 0 bridgehead atoms. The molecule has 1 saturated heterocycles. The standard InChI is InChI=1S/C20H26N8O/c1-3-28-11-16(8-22-28)26-20(29)27-9-13-6-15(7-14(13)10-27)25-19-17-4-5-21-18(17)23-12(2)24-19/h4-5,8,11,13-15H,3,6-7,9-10H2,1-2H3,(H,26,29)(H2,21,23,24,25)/t13-,14+,15-. The van der Waals surface area contributed by atoms with E-state index in [-0.39, 0.29) is 6.03 Å². The highest BCUT2D eigenvalue weighted by Crippen LogP contribution is 2.39. The van der Waals surface area contributed by atoms with Gasteiger partial charge in [-0.3, -0.25) is 4.68 Å². The second-order valence-electron chi connectivity index (χ2n) is 8.11. The molecule has 29 heavy (non-hydrogen) atoms. The Balaban J connectivity index is 1.19. The predicted molar refractivity (Wildman–Crippen MR) is 111 cm³/mol. The van der Waals surface area contributed by atoms with Crippen LogP contribution < -0.4 is 10.6 Å². The van der Waals surface area contributed by atoms with E-state index < -0.39 is 0 Å². The fraction of sp³-hybridized carbons (Fsp3) is 0.500. The van der Waals surface area contributed by atoms with Gasteiger partial charge in [0.25, 0.3) is 0 Å². The first-order valence-corrected chi connectivity index (χ1v) is 10.3. The van der Waals surface area contributed by atoms with Crippen molar-refractivity contribution >= 4 is 28.6 Å². The van der Waals surface area contributed by atoms with E-state index in [1.54, 1.807) is 10.9 Å². The molecule has 0 radical (unpaired) electrons. The van der Waals surface area contributed by atoms with E-state index in [0.717, 1.165) is 60.8 Å². The Morgan fingerprint density at radius 1 is 1.28 bits per heavy atom. The number of nitrogens with zero attached hydrogens (tertiary/aromatic N) is 5. The van der Waals surface area contributed by atoms with Crippen molar-refractivity contribution < 1.29 is 4.79 Å². The van der Waals surface area contributed by atoms with Crippen LogP contribution in [0.1, 0.15) is 25.6 Å². The molecular formula is C20H26N8O. The molecule has 4 heterocycles. The number of aromatic nitrogens is 5. The van der Waals surface area contributed by atoms with Crippen LogP contribution in [0.4, 0.5) is 16.3 Å². The number of urea groups is 1. The van der Waals surface area contributed by atoms with Gasteiger partial charge in [-0.25, -0.2) is 14.8 Å². The molecule has 1 aliphatic carbocycles. The zero-order valence-corrected chi connectivity index (χ0v) is 16.7. The summed E-state index contributed by atoms with van der Waals surface area (Å²) >= 11 is 0. The van der Waals surface area contributed by atoms with Crippen LogP contribution in [0.15, 0.2) is 24.7 Å². The van der Waals surface area contributed by atoms with Gasteiger partial charge in [0.05, 0.1) is 17.3 Å². The van der Waals surface area contributed by atoms with Gasteiger partial charge in [-0.2, -0.15) is 5.10 Å². The summed E-state index contributed by atoms with van der Waals surface area (Å²) in [5.41, 5.74) is 1.62. The number of fused-ring (bicyclic) bond motifs is 2. The average molecular weight is 394 g/mol. The van der Waals surface area contributed by atoms with Gasteiger partial charge in [0.1, 0.15) is 17.3 Å². The highest BCUT2D eigenvalue weighted by molar-refractivity contribution is 5.89. The number of aryl methyl sites for hydroxylation is 2. The highest BCUT2D eigenvalue weighted by Gasteiger charge is 2.42. The predicted octanol–water partition coefficient (Wildman–Crippen LogP) is 2.84. The Kier molecular flexibility index (Phi) is 4.37. The Labute approximate surface area is 168 Å². The van der Waals surface area contributed by atoms with Crippen LogP contribution in [0.5, 0.6) is 0 Å². The second kappa shape index (κ2) is 7.06. The summed E-state index contributed by atoms with van der Waals surface area (Å²) < 4.78 is 1.81. The minimum Gasteiger partial charge on any atom is -0.367 e. The number of aromatic amines is 1. The van der Waals surface area contributed by atoms with Gasteiger partial charge in [0, 0.05) is 38.1 Å². The number of carbonyl (C=O) groups is 1. The SMILES string of the molecule is CCn1cc(NC(=O)N2C[C@H]3C[C@@H](Nc4nc(C)nc5[nH]ccc45)C[C@H]3C2)cn1. The van der Waals surface area contributed by atoms with Crippen molar-refractivity contribution in [2.24, 2.45) is 11.8 Å². The normalized spacial score (nSPS) is 23.5. The Morgan fingerprint density at radius 2 is 2.07 bits per heavy atom. The molecule has 9 heteroatoms. The van der Waals surface area contributed by atoms with Crippen LogP contribution in [-0.2, 0) is 6.54 Å². The third-order valence-corrected chi connectivity index (χ3v) is 6.12. The van der Waals surface area contributed by atoms with Gasteiger partial charge in [0.2, 0.25) is 0 Å². The van der Waals surface area contributed by atoms with Crippen molar-refractivity contribution in [3.05, 3.63) is 30.5 Å². The lowest BCUT2D eigenvalue weighted by atomic mass is 10.0. The third kappa shape index (κ3) is 3.41. The topological polar surface area (TPSA) is 104 Å². The van der Waals surface area contributed by atoms with Crippen molar-refractivity contribution in [1.82, 2.24) is 29.6 Å². The summed E-state index contributed by atoms with van der Waals surface area (Å²) in [5.74, 6) is 2.72. The van der Waals surface area contributed by atoms with Gasteiger partial charge in [-0.05, 0) is 44.6 Å². The average Bonchev–Trinajstić information content (AvgIpc) is 3.44. The molecule has 0 spiro atoms. The summed E-state index contributed by atoms with van der Waals surface area (Å²) in [7, 11) is 0. The van der Waals surface area contributed by atoms with Gasteiger partial charge in [-0.15, -0.1) is 0 Å². The van der Waals surface area contributed by atoms with Crippen molar-refractivity contribution in [3.63, 3.8) is 0 Å². The number of carbonyl (C=O) groups excluding carboxylic acids is 1. The Bertz CT molecular complexity index is 1030. The fourth-order valence-corrected chi connectivity index (χ4v) is 4.74. The van der Waals surface area contributed by atoms with Crippen molar-refractivity contribution in [2.75, 3.05) is 23.7 Å². The molecule has 3 aromatic rings. The van der Waals surface area contributed by atoms with Crippen LogP contribution in [0.3, 0.4) is 0 Å². The molecule has 3 aromatic heterocycles. The molecule has 1 saturated carbocycles. The van der Waals surface area contributed by atoms with E-state index in [0.29, 0.717) is 17.9 Å². The summed E-state index contributed by atoms with van der Waals surface area (Å²) in [4.78, 5) is 26.8. The van der Waals surface area contributed by atoms with Crippen molar-refractivity contribution in [2.45, 2.75) is 39.3 Å². The monoisotopic (exact) mass is 394 g/mol. The maximum absolute atomic E-state index is 12.6. The number of anilines is 2. The minimum atomic E-state index is -0.0278. The molecule has 2 amide bonds. The van der Waals surface area contributed by atoms with E-state index >= 15 is 0 Å². The van der Waals surface area contributed by atoms with Gasteiger partial charge >= 0.3 is 6.03 Å². The molecule has 1 aliphatic heterocycles. The molecule has 5 rings (SSSR count). The first-order chi connectivity index (χ1) is 14.1. The molecule has 0 unspecified atom stereocenters. The Hall–Kier alpha value is -3.10. The molecule has 2 fully saturated rings. The molecule has 9 nitrogen and oxygen atoms in total. The first kappa shape index (κ1) is 18.0. The summed E-state index contributed by atoms with van der Waals surface area (Å²) in [5, 5.41) is 11.8. The molecule has 0 aromatic carbocycles. The van der Waals surface area contributed by atoms with E-state index in [2.05, 4.69) is 30.7 Å². The summed E-state index contributed by atoms with van der Waals surface area (Å²) in [6.07, 6.45) is 7.56. The largest absolute Gasteiger partial charge is 0.367 e. The van der Waals surface area contributed by atoms with Crippen LogP contribution in [-0.4, -0.2) is 54.8 Å². The lowest BCUT2D eigenvalue weighted by Gasteiger charge is -2.20.